The summed E-state index contributed by atoms with van der Waals surface area (Å²) in [5.74, 6) is 1.72. The summed E-state index contributed by atoms with van der Waals surface area (Å²) in [6.07, 6.45) is 0. The SMILES string of the molecule is COCc1cc(/C(C)=N\NC(=O)c2cc(C)oc2C)ccc1OC. The highest BCUT2D eigenvalue weighted by molar-refractivity contribution is 6.01. The van der Waals surface area contributed by atoms with Crippen molar-refractivity contribution < 1.29 is 18.7 Å². The van der Waals surface area contributed by atoms with Crippen LogP contribution in [0.15, 0.2) is 33.8 Å². The van der Waals surface area contributed by atoms with E-state index in [0.29, 0.717) is 29.4 Å². The van der Waals surface area contributed by atoms with E-state index in [-0.39, 0.29) is 5.91 Å². The standard InChI is InChI=1S/C18H22N2O4/c1-11-8-16(13(3)24-11)18(21)20-19-12(2)14-6-7-17(23-5)15(9-14)10-22-4/h6-9H,10H2,1-5H3,(H,20,21)/b19-12-. The highest BCUT2D eigenvalue weighted by Gasteiger charge is 2.13. The van der Waals surface area contributed by atoms with Gasteiger partial charge in [0.05, 0.1) is 25.0 Å². The van der Waals surface area contributed by atoms with Gasteiger partial charge in [-0.1, -0.05) is 0 Å². The van der Waals surface area contributed by atoms with E-state index in [4.69, 9.17) is 13.9 Å². The number of hydrogen-bond donors (Lipinski definition) is 1. The Morgan fingerprint density at radius 1 is 1.25 bits per heavy atom. The maximum absolute atomic E-state index is 12.2. The number of nitrogens with zero attached hydrogens (tertiary/aromatic N) is 1. The summed E-state index contributed by atoms with van der Waals surface area (Å²) in [5, 5.41) is 4.17. The fourth-order valence-corrected chi connectivity index (χ4v) is 2.39. The lowest BCUT2D eigenvalue weighted by Crippen LogP contribution is -2.19. The number of aryl methyl sites for hydroxylation is 2. The molecule has 0 radical (unpaired) electrons. The number of nitrogens with one attached hydrogen (secondary N) is 1. The Bertz CT molecular complexity index is 762. The van der Waals surface area contributed by atoms with Crippen LogP contribution in [0.2, 0.25) is 0 Å². The van der Waals surface area contributed by atoms with Gasteiger partial charge in [0.2, 0.25) is 0 Å². The van der Waals surface area contributed by atoms with E-state index >= 15 is 0 Å². The van der Waals surface area contributed by atoms with Crippen molar-refractivity contribution in [2.75, 3.05) is 14.2 Å². The number of methoxy groups -OCH3 is 2. The molecule has 2 rings (SSSR count). The van der Waals surface area contributed by atoms with E-state index in [1.807, 2.05) is 25.1 Å². The molecule has 6 heteroatoms. The van der Waals surface area contributed by atoms with Crippen LogP contribution in [0.1, 0.15) is 39.9 Å². The lowest BCUT2D eigenvalue weighted by Gasteiger charge is -2.10. The van der Waals surface area contributed by atoms with Gasteiger partial charge in [-0.25, -0.2) is 5.43 Å². The van der Waals surface area contributed by atoms with Gasteiger partial charge in [0.1, 0.15) is 17.3 Å². The van der Waals surface area contributed by atoms with E-state index in [9.17, 15) is 4.79 Å². The first-order chi connectivity index (χ1) is 11.5. The number of hydrazone groups is 1. The van der Waals surface area contributed by atoms with Crippen LogP contribution < -0.4 is 10.2 Å². The van der Waals surface area contributed by atoms with Crippen molar-refractivity contribution in [3.05, 3.63) is 52.5 Å². The van der Waals surface area contributed by atoms with E-state index < -0.39 is 0 Å². The first kappa shape index (κ1) is 17.7. The number of benzene rings is 1. The van der Waals surface area contributed by atoms with Crippen LogP contribution in [-0.2, 0) is 11.3 Å². The van der Waals surface area contributed by atoms with Gasteiger partial charge in [-0.2, -0.15) is 5.10 Å². The maximum Gasteiger partial charge on any atom is 0.274 e. The van der Waals surface area contributed by atoms with Gasteiger partial charge >= 0.3 is 0 Å². The molecule has 0 spiro atoms. The molecule has 0 atom stereocenters. The van der Waals surface area contributed by atoms with Crippen molar-refractivity contribution in [3.63, 3.8) is 0 Å². The van der Waals surface area contributed by atoms with Gasteiger partial charge in [-0.15, -0.1) is 0 Å². The highest BCUT2D eigenvalue weighted by Crippen LogP contribution is 2.21. The Morgan fingerprint density at radius 3 is 2.58 bits per heavy atom. The molecule has 1 N–H and O–H groups in total. The Labute approximate surface area is 141 Å². The van der Waals surface area contributed by atoms with Crippen LogP contribution in [0.5, 0.6) is 5.75 Å². The number of hydrogen-bond acceptors (Lipinski definition) is 5. The van der Waals surface area contributed by atoms with Crippen LogP contribution in [0.3, 0.4) is 0 Å². The molecule has 2 aromatic rings. The first-order valence-corrected chi connectivity index (χ1v) is 7.54. The topological polar surface area (TPSA) is 73.1 Å². The molecule has 0 fully saturated rings. The van der Waals surface area contributed by atoms with Crippen LogP contribution in [0, 0.1) is 13.8 Å². The molecule has 1 heterocycles. The summed E-state index contributed by atoms with van der Waals surface area (Å²) in [4.78, 5) is 12.2. The second kappa shape index (κ2) is 7.79. The highest BCUT2D eigenvalue weighted by atomic mass is 16.5. The molecule has 0 aliphatic heterocycles. The van der Waals surface area contributed by atoms with E-state index in [1.165, 1.54) is 0 Å². The summed E-state index contributed by atoms with van der Waals surface area (Å²) in [7, 11) is 3.24. The van der Waals surface area contributed by atoms with E-state index in [0.717, 1.165) is 16.9 Å². The third-order valence-corrected chi connectivity index (χ3v) is 3.61. The molecule has 0 bridgehead atoms. The fraction of sp³-hybridized carbons (Fsp3) is 0.333. The Balaban J connectivity index is 2.17. The van der Waals surface area contributed by atoms with Crippen molar-refractivity contribution in [2.24, 2.45) is 5.10 Å². The number of furan rings is 1. The van der Waals surface area contributed by atoms with Gasteiger partial charge in [0.25, 0.3) is 5.91 Å². The molecule has 0 aliphatic rings. The first-order valence-electron chi connectivity index (χ1n) is 7.54. The van der Waals surface area contributed by atoms with Gasteiger partial charge in [-0.05, 0) is 50.6 Å². The molecule has 24 heavy (non-hydrogen) atoms. The van der Waals surface area contributed by atoms with E-state index in [2.05, 4.69) is 10.5 Å². The number of ether oxygens (including phenoxy) is 2. The zero-order chi connectivity index (χ0) is 17.7. The van der Waals surface area contributed by atoms with Crippen molar-refractivity contribution >= 4 is 11.6 Å². The number of amides is 1. The minimum absolute atomic E-state index is 0.297. The molecular weight excluding hydrogens is 308 g/mol. The van der Waals surface area contributed by atoms with Crippen LogP contribution in [0.4, 0.5) is 0 Å². The second-order valence-corrected chi connectivity index (χ2v) is 5.42. The zero-order valence-electron chi connectivity index (χ0n) is 14.6. The zero-order valence-corrected chi connectivity index (χ0v) is 14.6. The number of carbonyl (C=O) groups is 1. The normalized spacial score (nSPS) is 11.5. The maximum atomic E-state index is 12.2. The summed E-state index contributed by atoms with van der Waals surface area (Å²) >= 11 is 0. The molecule has 1 aromatic carbocycles. The number of carbonyl (C=O) groups excluding carboxylic acids is 1. The summed E-state index contributed by atoms with van der Waals surface area (Å²) < 4.78 is 15.8. The van der Waals surface area contributed by atoms with E-state index in [1.54, 1.807) is 34.1 Å². The molecule has 0 unspecified atom stereocenters. The van der Waals surface area contributed by atoms with Gasteiger partial charge in [0.15, 0.2) is 0 Å². The molecule has 0 saturated carbocycles. The van der Waals surface area contributed by atoms with Crippen molar-refractivity contribution in [3.8, 4) is 5.75 Å². The smallest absolute Gasteiger partial charge is 0.274 e. The van der Waals surface area contributed by atoms with Gasteiger partial charge in [-0.3, -0.25) is 4.79 Å². The second-order valence-electron chi connectivity index (χ2n) is 5.42. The molecule has 0 saturated heterocycles. The minimum atomic E-state index is -0.297. The summed E-state index contributed by atoms with van der Waals surface area (Å²) in [5.41, 5.74) is 5.52. The monoisotopic (exact) mass is 330 g/mol. The third-order valence-electron chi connectivity index (χ3n) is 3.61. The summed E-state index contributed by atoms with van der Waals surface area (Å²) in [6.45, 7) is 5.81. The molecule has 1 aromatic heterocycles. The lowest BCUT2D eigenvalue weighted by atomic mass is 10.1. The summed E-state index contributed by atoms with van der Waals surface area (Å²) in [6, 6.07) is 7.37. The quantitative estimate of drug-likeness (QED) is 0.652. The molecule has 0 aliphatic carbocycles. The van der Waals surface area contributed by atoms with Crippen LogP contribution >= 0.6 is 0 Å². The Hall–Kier alpha value is -2.60. The molecule has 6 nitrogen and oxygen atoms in total. The Morgan fingerprint density at radius 2 is 2.00 bits per heavy atom. The largest absolute Gasteiger partial charge is 0.496 e. The van der Waals surface area contributed by atoms with Crippen molar-refractivity contribution in [1.29, 1.82) is 0 Å². The van der Waals surface area contributed by atoms with Crippen molar-refractivity contribution in [2.45, 2.75) is 27.4 Å². The average molecular weight is 330 g/mol. The van der Waals surface area contributed by atoms with Gasteiger partial charge < -0.3 is 13.9 Å². The average Bonchev–Trinajstić information content (AvgIpc) is 2.91. The fourth-order valence-electron chi connectivity index (χ4n) is 2.39. The van der Waals surface area contributed by atoms with Gasteiger partial charge in [0, 0.05) is 12.7 Å². The predicted molar refractivity (Wildman–Crippen MR) is 91.6 cm³/mol. The molecule has 1 amide bonds. The van der Waals surface area contributed by atoms with Crippen LogP contribution in [-0.4, -0.2) is 25.8 Å². The predicted octanol–water partition coefficient (Wildman–Crippen LogP) is 3.21. The van der Waals surface area contributed by atoms with Crippen molar-refractivity contribution in [1.82, 2.24) is 5.43 Å². The Kier molecular flexibility index (Phi) is 5.76. The van der Waals surface area contributed by atoms with Crippen LogP contribution in [0.25, 0.3) is 0 Å². The molecular formula is C18H22N2O4. The number of rotatable bonds is 6. The lowest BCUT2D eigenvalue weighted by molar-refractivity contribution is 0.0953. The molecule has 128 valence electrons. The third kappa shape index (κ3) is 4.02. The minimum Gasteiger partial charge on any atom is -0.496 e.